The number of nitrogens with one attached hydrogen (secondary N) is 1. The number of benzene rings is 2. The van der Waals surface area contributed by atoms with Crippen molar-refractivity contribution in [2.24, 2.45) is 0 Å². The van der Waals surface area contributed by atoms with E-state index < -0.39 is 10.0 Å². The molecule has 1 aliphatic heterocycles. The van der Waals surface area contributed by atoms with Gasteiger partial charge in [-0.15, -0.1) is 0 Å². The van der Waals surface area contributed by atoms with E-state index in [1.165, 1.54) is 9.87 Å². The second-order valence-corrected chi connectivity index (χ2v) is 10.2. The van der Waals surface area contributed by atoms with Crippen LogP contribution in [-0.2, 0) is 37.2 Å². The number of sulfonamides is 1. The Kier molecular flexibility index (Phi) is 9.03. The number of amides is 1. The highest BCUT2D eigenvalue weighted by molar-refractivity contribution is 7.89. The van der Waals surface area contributed by atoms with Gasteiger partial charge in [-0.1, -0.05) is 42.0 Å². The summed E-state index contributed by atoms with van der Waals surface area (Å²) in [7, 11) is -3.42. The third-order valence-corrected chi connectivity index (χ3v) is 7.61. The molecule has 0 atom stereocenters. The fourth-order valence-corrected chi connectivity index (χ4v) is 5.20. The molecule has 0 bridgehead atoms. The molecule has 0 spiro atoms. The summed E-state index contributed by atoms with van der Waals surface area (Å²) in [6, 6.07) is 14.8. The lowest BCUT2D eigenvalue weighted by Gasteiger charge is -2.15. The number of aryl methyl sites for hydroxylation is 3. The van der Waals surface area contributed by atoms with E-state index in [1.807, 2.05) is 31.2 Å². The zero-order chi connectivity index (χ0) is 23.7. The third kappa shape index (κ3) is 7.68. The van der Waals surface area contributed by atoms with Crippen molar-refractivity contribution in [1.82, 2.24) is 9.62 Å². The van der Waals surface area contributed by atoms with Crippen LogP contribution in [0.15, 0.2) is 53.4 Å². The highest BCUT2D eigenvalue weighted by Crippen LogP contribution is 2.21. The third-order valence-electron chi connectivity index (χ3n) is 5.69. The van der Waals surface area contributed by atoms with Crippen LogP contribution in [0, 0.1) is 6.92 Å². The average Bonchev–Trinajstić information content (AvgIpc) is 3.36. The van der Waals surface area contributed by atoms with Crippen molar-refractivity contribution < 1.29 is 22.7 Å². The Labute approximate surface area is 196 Å². The van der Waals surface area contributed by atoms with Gasteiger partial charge >= 0.3 is 5.97 Å². The van der Waals surface area contributed by atoms with Crippen LogP contribution in [0.25, 0.3) is 0 Å². The summed E-state index contributed by atoms with van der Waals surface area (Å²) >= 11 is 0. The quantitative estimate of drug-likeness (QED) is 0.401. The lowest BCUT2D eigenvalue weighted by atomic mass is 10.1. The minimum absolute atomic E-state index is 0.0735. The standard InChI is InChI=1S/C25H32N2O5S/c1-20-4-6-21(7-5-20)10-14-24(28)26-16-19-32-25(29)15-11-22-8-12-23(13-9-22)33(30,31)27-17-2-3-18-27/h4-9,12-13H,2-3,10-11,14-19H2,1H3,(H,26,28). The molecular formula is C25H32N2O5S. The lowest BCUT2D eigenvalue weighted by Crippen LogP contribution is -2.28. The van der Waals surface area contributed by atoms with Crippen molar-refractivity contribution in [2.45, 2.75) is 50.3 Å². The summed E-state index contributed by atoms with van der Waals surface area (Å²) in [5.41, 5.74) is 3.17. The van der Waals surface area contributed by atoms with Crippen LogP contribution in [0.3, 0.4) is 0 Å². The van der Waals surface area contributed by atoms with E-state index in [-0.39, 0.29) is 36.3 Å². The molecule has 1 aliphatic rings. The maximum absolute atomic E-state index is 12.6. The lowest BCUT2D eigenvalue weighted by molar-refractivity contribution is -0.143. The monoisotopic (exact) mass is 472 g/mol. The van der Waals surface area contributed by atoms with Crippen LogP contribution in [-0.4, -0.2) is 50.8 Å². The van der Waals surface area contributed by atoms with Crippen molar-refractivity contribution in [3.05, 3.63) is 65.2 Å². The maximum Gasteiger partial charge on any atom is 0.306 e. The number of rotatable bonds is 11. The molecule has 0 saturated carbocycles. The van der Waals surface area contributed by atoms with Crippen LogP contribution in [0.5, 0.6) is 0 Å². The van der Waals surface area contributed by atoms with Gasteiger partial charge in [0.15, 0.2) is 0 Å². The average molecular weight is 473 g/mol. The largest absolute Gasteiger partial charge is 0.464 e. The highest BCUT2D eigenvalue weighted by Gasteiger charge is 2.26. The minimum Gasteiger partial charge on any atom is -0.464 e. The number of esters is 1. The summed E-state index contributed by atoms with van der Waals surface area (Å²) in [5.74, 6) is -0.423. The van der Waals surface area contributed by atoms with Gasteiger partial charge in [0.25, 0.3) is 0 Å². The van der Waals surface area contributed by atoms with E-state index in [4.69, 9.17) is 4.74 Å². The fraction of sp³-hybridized carbons (Fsp3) is 0.440. The van der Waals surface area contributed by atoms with E-state index in [9.17, 15) is 18.0 Å². The van der Waals surface area contributed by atoms with Crippen LogP contribution in [0.2, 0.25) is 0 Å². The van der Waals surface area contributed by atoms with Crippen molar-refractivity contribution >= 4 is 21.9 Å². The molecule has 1 amide bonds. The predicted molar refractivity (Wildman–Crippen MR) is 126 cm³/mol. The van der Waals surface area contributed by atoms with E-state index in [0.717, 1.165) is 24.0 Å². The summed E-state index contributed by atoms with van der Waals surface area (Å²) in [5, 5.41) is 2.76. The Morgan fingerprint density at radius 3 is 2.12 bits per heavy atom. The van der Waals surface area contributed by atoms with Crippen LogP contribution >= 0.6 is 0 Å². The zero-order valence-corrected chi connectivity index (χ0v) is 19.9. The number of ether oxygens (including phenoxy) is 1. The SMILES string of the molecule is Cc1ccc(CCC(=O)NCCOC(=O)CCc2ccc(S(=O)(=O)N3CCCC3)cc2)cc1. The molecule has 1 saturated heterocycles. The molecule has 8 heteroatoms. The van der Waals surface area contributed by atoms with Gasteiger partial charge in [0.05, 0.1) is 11.4 Å². The normalized spacial score (nSPS) is 14.2. The molecule has 3 rings (SSSR count). The molecule has 2 aromatic rings. The Bertz CT molecular complexity index is 1030. The number of hydrogen-bond acceptors (Lipinski definition) is 5. The topological polar surface area (TPSA) is 92.8 Å². The van der Waals surface area contributed by atoms with Crippen LogP contribution in [0.4, 0.5) is 0 Å². The zero-order valence-electron chi connectivity index (χ0n) is 19.1. The molecule has 1 heterocycles. The molecule has 178 valence electrons. The van der Waals surface area contributed by atoms with Crippen molar-refractivity contribution in [2.75, 3.05) is 26.2 Å². The fourth-order valence-electron chi connectivity index (χ4n) is 3.68. The van der Waals surface area contributed by atoms with Crippen LogP contribution in [0.1, 0.15) is 42.4 Å². The first-order valence-electron chi connectivity index (χ1n) is 11.4. The van der Waals surface area contributed by atoms with Crippen molar-refractivity contribution in [3.8, 4) is 0 Å². The first kappa shape index (κ1) is 24.9. The second kappa shape index (κ2) is 12.0. The Balaban J connectivity index is 1.31. The van der Waals surface area contributed by atoms with Gasteiger partial charge in [-0.25, -0.2) is 8.42 Å². The number of carbonyl (C=O) groups excluding carboxylic acids is 2. The molecule has 1 fully saturated rings. The Hall–Kier alpha value is -2.71. The van der Waals surface area contributed by atoms with Gasteiger partial charge in [0.2, 0.25) is 15.9 Å². The van der Waals surface area contributed by atoms with E-state index >= 15 is 0 Å². The Morgan fingerprint density at radius 2 is 1.48 bits per heavy atom. The van der Waals surface area contributed by atoms with Gasteiger partial charge < -0.3 is 10.1 Å². The molecule has 0 radical (unpaired) electrons. The molecule has 1 N–H and O–H groups in total. The van der Waals surface area contributed by atoms with Crippen molar-refractivity contribution in [1.29, 1.82) is 0 Å². The molecule has 2 aromatic carbocycles. The van der Waals surface area contributed by atoms with Gasteiger partial charge in [-0.05, 0) is 55.9 Å². The van der Waals surface area contributed by atoms with Gasteiger partial charge in [-0.3, -0.25) is 9.59 Å². The van der Waals surface area contributed by atoms with E-state index in [0.29, 0.717) is 32.4 Å². The van der Waals surface area contributed by atoms with Gasteiger partial charge in [0, 0.05) is 25.9 Å². The van der Waals surface area contributed by atoms with Gasteiger partial charge in [0.1, 0.15) is 6.61 Å². The van der Waals surface area contributed by atoms with E-state index in [2.05, 4.69) is 5.32 Å². The first-order valence-corrected chi connectivity index (χ1v) is 12.9. The second-order valence-electron chi connectivity index (χ2n) is 8.31. The molecular weight excluding hydrogens is 440 g/mol. The molecule has 33 heavy (non-hydrogen) atoms. The molecule has 0 aromatic heterocycles. The summed E-state index contributed by atoms with van der Waals surface area (Å²) in [6.45, 7) is 3.58. The smallest absolute Gasteiger partial charge is 0.306 e. The van der Waals surface area contributed by atoms with Crippen molar-refractivity contribution in [3.63, 3.8) is 0 Å². The minimum atomic E-state index is -3.42. The van der Waals surface area contributed by atoms with Crippen LogP contribution < -0.4 is 5.32 Å². The maximum atomic E-state index is 12.6. The predicted octanol–water partition coefficient (Wildman–Crippen LogP) is 3.00. The Morgan fingerprint density at radius 1 is 0.909 bits per heavy atom. The molecule has 0 aliphatic carbocycles. The van der Waals surface area contributed by atoms with Gasteiger partial charge in [-0.2, -0.15) is 4.31 Å². The highest BCUT2D eigenvalue weighted by atomic mass is 32.2. The first-order chi connectivity index (χ1) is 15.8. The summed E-state index contributed by atoms with van der Waals surface area (Å²) in [6.07, 6.45) is 3.52. The van der Waals surface area contributed by atoms with E-state index in [1.54, 1.807) is 24.3 Å². The summed E-state index contributed by atoms with van der Waals surface area (Å²) < 4.78 is 31.8. The molecule has 0 unspecified atom stereocenters. The number of nitrogens with zero attached hydrogens (tertiary/aromatic N) is 1. The summed E-state index contributed by atoms with van der Waals surface area (Å²) in [4.78, 5) is 24.2. The number of hydrogen-bond donors (Lipinski definition) is 1. The molecule has 7 nitrogen and oxygen atoms in total. The number of carbonyl (C=O) groups is 2.